The minimum absolute atomic E-state index is 0.121. The highest BCUT2D eigenvalue weighted by Crippen LogP contribution is 2.36. The van der Waals surface area contributed by atoms with Crippen LogP contribution in [0, 0.1) is 0 Å². The van der Waals surface area contributed by atoms with Crippen molar-refractivity contribution in [2.45, 2.75) is 31.7 Å². The lowest BCUT2D eigenvalue weighted by Gasteiger charge is -2.28. The van der Waals surface area contributed by atoms with Gasteiger partial charge in [-0.1, -0.05) is 36.4 Å². The number of para-hydroxylation sites is 1. The van der Waals surface area contributed by atoms with Crippen molar-refractivity contribution in [2.24, 2.45) is 10.2 Å². The van der Waals surface area contributed by atoms with Crippen molar-refractivity contribution in [2.75, 3.05) is 0 Å². The minimum atomic E-state index is -0.121. The van der Waals surface area contributed by atoms with E-state index in [-0.39, 0.29) is 5.54 Å². The average Bonchev–Trinajstić information content (AvgIpc) is 2.91. The number of hydrogen-bond acceptors (Lipinski definition) is 2. The van der Waals surface area contributed by atoms with E-state index >= 15 is 0 Å². The number of hydrogen-bond donors (Lipinski definition) is 1. The molecule has 1 atom stereocenters. The van der Waals surface area contributed by atoms with E-state index in [4.69, 9.17) is 0 Å². The molecule has 4 rings (SSSR count). The number of H-pyrrole nitrogens is 1. The van der Waals surface area contributed by atoms with Crippen molar-refractivity contribution >= 4 is 16.6 Å². The number of benzene rings is 2. The molecule has 0 bridgehead atoms. The second-order valence-corrected chi connectivity index (χ2v) is 6.34. The van der Waals surface area contributed by atoms with Gasteiger partial charge in [0, 0.05) is 23.0 Å². The first-order chi connectivity index (χ1) is 10.7. The first kappa shape index (κ1) is 13.3. The molecule has 0 spiro atoms. The Labute approximate surface area is 130 Å². The molecule has 22 heavy (non-hydrogen) atoms. The molecule has 0 amide bonds. The van der Waals surface area contributed by atoms with Crippen molar-refractivity contribution in [1.29, 1.82) is 0 Å². The minimum Gasteiger partial charge on any atom is -0.358 e. The molecule has 3 heteroatoms. The number of rotatable bonds is 2. The molecule has 3 nitrogen and oxygen atoms in total. The van der Waals surface area contributed by atoms with E-state index in [9.17, 15) is 0 Å². The summed E-state index contributed by atoms with van der Waals surface area (Å²) >= 11 is 0. The van der Waals surface area contributed by atoms with E-state index in [1.54, 1.807) is 0 Å². The van der Waals surface area contributed by atoms with E-state index in [0.29, 0.717) is 0 Å². The molecule has 0 saturated carbocycles. The standard InChI is InChI=1S/C19H19N3/c1-19(22-21-14-7-3-2-4-8-14)12-11-16-15-9-5-6-10-17(15)20-18(16)13-19/h2-10,20H,11-13H2,1H3. The highest BCUT2D eigenvalue weighted by Gasteiger charge is 2.32. The summed E-state index contributed by atoms with van der Waals surface area (Å²) in [5, 5.41) is 10.5. The summed E-state index contributed by atoms with van der Waals surface area (Å²) in [5.41, 5.74) is 4.82. The largest absolute Gasteiger partial charge is 0.358 e. The first-order valence-corrected chi connectivity index (χ1v) is 7.80. The maximum absolute atomic E-state index is 4.66. The summed E-state index contributed by atoms with van der Waals surface area (Å²) in [6.07, 6.45) is 3.02. The summed E-state index contributed by atoms with van der Waals surface area (Å²) in [7, 11) is 0. The molecule has 1 unspecified atom stereocenters. The van der Waals surface area contributed by atoms with E-state index in [1.807, 2.05) is 30.3 Å². The number of fused-ring (bicyclic) bond motifs is 3. The summed E-state index contributed by atoms with van der Waals surface area (Å²) in [4.78, 5) is 3.57. The van der Waals surface area contributed by atoms with Gasteiger partial charge >= 0.3 is 0 Å². The Morgan fingerprint density at radius 3 is 2.64 bits per heavy atom. The van der Waals surface area contributed by atoms with E-state index in [0.717, 1.165) is 24.9 Å². The average molecular weight is 289 g/mol. The number of nitrogens with one attached hydrogen (secondary N) is 1. The fourth-order valence-electron chi connectivity index (χ4n) is 3.31. The van der Waals surface area contributed by atoms with Crippen molar-refractivity contribution in [3.8, 4) is 0 Å². The van der Waals surface area contributed by atoms with Gasteiger partial charge in [-0.25, -0.2) is 0 Å². The molecule has 1 aliphatic carbocycles. The lowest BCUT2D eigenvalue weighted by atomic mass is 9.82. The molecule has 1 heterocycles. The van der Waals surface area contributed by atoms with Gasteiger partial charge in [0.2, 0.25) is 0 Å². The second kappa shape index (κ2) is 5.09. The Hall–Kier alpha value is -2.42. The van der Waals surface area contributed by atoms with Crippen LogP contribution in [-0.2, 0) is 12.8 Å². The molecule has 0 fully saturated rings. The predicted molar refractivity (Wildman–Crippen MR) is 89.7 cm³/mol. The number of aromatic amines is 1. The lowest BCUT2D eigenvalue weighted by Crippen LogP contribution is -2.30. The Kier molecular flexibility index (Phi) is 3.07. The molecule has 0 aliphatic heterocycles. The van der Waals surface area contributed by atoms with Crippen LogP contribution in [0.5, 0.6) is 0 Å². The van der Waals surface area contributed by atoms with E-state index < -0.39 is 0 Å². The Balaban J connectivity index is 1.64. The maximum atomic E-state index is 4.66. The fourth-order valence-corrected chi connectivity index (χ4v) is 3.31. The Bertz CT molecular complexity index is 832. The van der Waals surface area contributed by atoms with E-state index in [2.05, 4.69) is 46.4 Å². The van der Waals surface area contributed by atoms with Crippen LogP contribution < -0.4 is 0 Å². The highest BCUT2D eigenvalue weighted by atomic mass is 15.1. The summed E-state index contributed by atoms with van der Waals surface area (Å²) < 4.78 is 0. The highest BCUT2D eigenvalue weighted by molar-refractivity contribution is 5.85. The van der Waals surface area contributed by atoms with Gasteiger partial charge in [-0.2, -0.15) is 10.2 Å². The summed E-state index contributed by atoms with van der Waals surface area (Å²) in [6, 6.07) is 18.5. The van der Waals surface area contributed by atoms with Gasteiger partial charge in [0.05, 0.1) is 11.2 Å². The van der Waals surface area contributed by atoms with Crippen LogP contribution in [0.4, 0.5) is 5.69 Å². The number of aryl methyl sites for hydroxylation is 1. The third-order valence-electron chi connectivity index (χ3n) is 4.54. The molecule has 1 aliphatic rings. The van der Waals surface area contributed by atoms with Crippen LogP contribution in [0.1, 0.15) is 24.6 Å². The van der Waals surface area contributed by atoms with Crippen LogP contribution in [0.25, 0.3) is 10.9 Å². The third-order valence-corrected chi connectivity index (χ3v) is 4.54. The monoisotopic (exact) mass is 289 g/mol. The number of aromatic nitrogens is 1. The lowest BCUT2D eigenvalue weighted by molar-refractivity contribution is 0.392. The number of nitrogens with zero attached hydrogens (tertiary/aromatic N) is 2. The molecular weight excluding hydrogens is 270 g/mol. The molecule has 1 aromatic heterocycles. The molecule has 3 aromatic rings. The molecular formula is C19H19N3. The van der Waals surface area contributed by atoms with Gasteiger partial charge in [-0.3, -0.25) is 0 Å². The summed E-state index contributed by atoms with van der Waals surface area (Å²) in [6.45, 7) is 2.20. The van der Waals surface area contributed by atoms with Crippen LogP contribution in [0.3, 0.4) is 0 Å². The van der Waals surface area contributed by atoms with Gasteiger partial charge in [0.1, 0.15) is 0 Å². The summed E-state index contributed by atoms with van der Waals surface area (Å²) in [5.74, 6) is 0. The Morgan fingerprint density at radius 2 is 1.77 bits per heavy atom. The number of azo groups is 1. The molecule has 0 radical (unpaired) electrons. The maximum Gasteiger partial charge on any atom is 0.0852 e. The smallest absolute Gasteiger partial charge is 0.0852 e. The third kappa shape index (κ3) is 2.33. The van der Waals surface area contributed by atoms with Crippen LogP contribution in [-0.4, -0.2) is 10.5 Å². The Morgan fingerprint density at radius 1 is 1.00 bits per heavy atom. The zero-order valence-corrected chi connectivity index (χ0v) is 12.7. The zero-order chi connectivity index (χ0) is 15.0. The van der Waals surface area contributed by atoms with Gasteiger partial charge < -0.3 is 4.98 Å². The first-order valence-electron chi connectivity index (χ1n) is 7.80. The SMILES string of the molecule is CC1(N=Nc2ccccc2)CCc2c([nH]c3ccccc23)C1. The predicted octanol–water partition coefficient (Wildman–Crippen LogP) is 5.20. The molecule has 0 saturated heterocycles. The zero-order valence-electron chi connectivity index (χ0n) is 12.7. The van der Waals surface area contributed by atoms with Gasteiger partial charge in [0.15, 0.2) is 0 Å². The fraction of sp³-hybridized carbons (Fsp3) is 0.263. The van der Waals surface area contributed by atoms with E-state index in [1.165, 1.54) is 22.2 Å². The van der Waals surface area contributed by atoms with Crippen molar-refractivity contribution in [1.82, 2.24) is 4.98 Å². The van der Waals surface area contributed by atoms with Crippen LogP contribution >= 0.6 is 0 Å². The van der Waals surface area contributed by atoms with Crippen molar-refractivity contribution in [3.05, 3.63) is 65.9 Å². The second-order valence-electron chi connectivity index (χ2n) is 6.34. The van der Waals surface area contributed by atoms with Crippen molar-refractivity contribution < 1.29 is 0 Å². The topological polar surface area (TPSA) is 40.5 Å². The quantitative estimate of drug-likeness (QED) is 0.630. The van der Waals surface area contributed by atoms with Crippen molar-refractivity contribution in [3.63, 3.8) is 0 Å². The van der Waals surface area contributed by atoms with Gasteiger partial charge in [-0.15, -0.1) is 0 Å². The van der Waals surface area contributed by atoms with Crippen LogP contribution in [0.15, 0.2) is 64.8 Å². The van der Waals surface area contributed by atoms with Crippen LogP contribution in [0.2, 0.25) is 0 Å². The van der Waals surface area contributed by atoms with Gasteiger partial charge in [0.25, 0.3) is 0 Å². The molecule has 1 N–H and O–H groups in total. The normalized spacial score (nSPS) is 21.3. The van der Waals surface area contributed by atoms with Gasteiger partial charge in [-0.05, 0) is 43.5 Å². The molecule has 2 aromatic carbocycles. The molecule has 110 valence electrons.